The lowest BCUT2D eigenvalue weighted by Crippen LogP contribution is -2.11. The lowest BCUT2D eigenvalue weighted by atomic mass is 10.3. The van der Waals surface area contributed by atoms with Crippen molar-refractivity contribution in [3.63, 3.8) is 0 Å². The van der Waals surface area contributed by atoms with Crippen LogP contribution in [0.25, 0.3) is 0 Å². The van der Waals surface area contributed by atoms with Crippen LogP contribution in [-0.2, 0) is 7.05 Å². The molecule has 6 heteroatoms. The molecule has 0 saturated carbocycles. The average Bonchev–Trinajstić information content (AvgIpc) is 2.58. The molecule has 0 radical (unpaired) electrons. The fourth-order valence-corrected chi connectivity index (χ4v) is 1.51. The van der Waals surface area contributed by atoms with Crippen LogP contribution in [0.15, 0.2) is 24.3 Å². The second kappa shape index (κ2) is 4.50. The van der Waals surface area contributed by atoms with Crippen LogP contribution in [0.4, 0.5) is 0 Å². The first-order valence-electron chi connectivity index (χ1n) is 5.01. The number of hydrogen-bond acceptors (Lipinski definition) is 4. The number of rotatable bonds is 3. The summed E-state index contributed by atoms with van der Waals surface area (Å²) in [6.07, 6.45) is 0. The van der Waals surface area contributed by atoms with Crippen LogP contribution in [0.5, 0.6) is 11.8 Å². The summed E-state index contributed by atoms with van der Waals surface area (Å²) >= 11 is 4.86. The van der Waals surface area contributed by atoms with E-state index in [2.05, 4.69) is 10.1 Å². The Bertz CT molecular complexity index is 564. The number of nitrogens with two attached hydrogens (primary N) is 1. The molecular weight excluding hydrogens is 236 g/mol. The quantitative estimate of drug-likeness (QED) is 0.835. The van der Waals surface area contributed by atoms with Crippen molar-refractivity contribution in [3.8, 4) is 11.8 Å². The highest BCUT2D eigenvalue weighted by Crippen LogP contribution is 2.19. The van der Waals surface area contributed by atoms with Gasteiger partial charge < -0.3 is 10.5 Å². The number of ether oxygens (including phenoxy) is 1. The molecule has 17 heavy (non-hydrogen) atoms. The van der Waals surface area contributed by atoms with Gasteiger partial charge in [-0.15, -0.1) is 0 Å². The Labute approximate surface area is 104 Å². The third-order valence-corrected chi connectivity index (χ3v) is 2.35. The Balaban J connectivity index is 2.27. The maximum Gasteiger partial charge on any atom is 0.221 e. The number of pyridine rings is 1. The number of thiocarbonyl (C=S) groups is 1. The van der Waals surface area contributed by atoms with Gasteiger partial charge in [0.15, 0.2) is 0 Å². The van der Waals surface area contributed by atoms with Crippen LogP contribution in [0.1, 0.15) is 11.4 Å². The predicted octanol–water partition coefficient (Wildman–Crippen LogP) is 1.55. The lowest BCUT2D eigenvalue weighted by Gasteiger charge is -2.05. The van der Waals surface area contributed by atoms with Crippen molar-refractivity contribution in [1.82, 2.24) is 14.8 Å². The first-order valence-corrected chi connectivity index (χ1v) is 5.42. The molecule has 0 aliphatic carbocycles. The first-order chi connectivity index (χ1) is 8.06. The van der Waals surface area contributed by atoms with Gasteiger partial charge in [-0.25, -0.2) is 9.67 Å². The van der Waals surface area contributed by atoms with E-state index in [1.807, 2.05) is 13.0 Å². The molecule has 0 aromatic carbocycles. The molecule has 0 fully saturated rings. The number of nitrogens with zero attached hydrogens (tertiary/aromatic N) is 3. The maximum atomic E-state index is 5.59. The van der Waals surface area contributed by atoms with Gasteiger partial charge in [-0.1, -0.05) is 18.3 Å². The fraction of sp³-hybridized carbons (Fsp3) is 0.182. The van der Waals surface area contributed by atoms with E-state index < -0.39 is 0 Å². The zero-order chi connectivity index (χ0) is 12.4. The van der Waals surface area contributed by atoms with E-state index in [1.54, 1.807) is 29.9 Å². The fourth-order valence-electron chi connectivity index (χ4n) is 1.40. The Hall–Kier alpha value is -1.95. The third-order valence-electron chi connectivity index (χ3n) is 2.14. The highest BCUT2D eigenvalue weighted by molar-refractivity contribution is 7.80. The topological polar surface area (TPSA) is 66.0 Å². The van der Waals surface area contributed by atoms with Crippen LogP contribution in [0.2, 0.25) is 0 Å². The molecule has 2 N–H and O–H groups in total. The molecule has 2 rings (SSSR count). The molecule has 0 unspecified atom stereocenters. The Morgan fingerprint density at radius 2 is 2.24 bits per heavy atom. The van der Waals surface area contributed by atoms with Crippen molar-refractivity contribution in [1.29, 1.82) is 0 Å². The minimum Gasteiger partial charge on any atom is -0.421 e. The molecule has 0 atom stereocenters. The molecule has 88 valence electrons. The molecule has 0 saturated heterocycles. The number of hydrogen-bond donors (Lipinski definition) is 1. The van der Waals surface area contributed by atoms with Crippen LogP contribution in [0, 0.1) is 6.92 Å². The van der Waals surface area contributed by atoms with E-state index in [1.165, 1.54) is 0 Å². The summed E-state index contributed by atoms with van der Waals surface area (Å²) in [4.78, 5) is 4.44. The van der Waals surface area contributed by atoms with Crippen LogP contribution >= 0.6 is 12.2 Å². The van der Waals surface area contributed by atoms with Crippen molar-refractivity contribution in [3.05, 3.63) is 35.7 Å². The predicted molar refractivity (Wildman–Crippen MR) is 68.1 cm³/mol. The molecule has 2 aromatic heterocycles. The molecule has 0 aliphatic heterocycles. The molecule has 2 aromatic rings. The first kappa shape index (κ1) is 11.5. The van der Waals surface area contributed by atoms with Gasteiger partial charge in [0.1, 0.15) is 10.7 Å². The SMILES string of the molecule is Cc1cc(Oc2cccc(C(N)=S)n2)n(C)n1. The van der Waals surface area contributed by atoms with Gasteiger partial charge in [-0.2, -0.15) is 5.10 Å². The van der Waals surface area contributed by atoms with Crippen molar-refractivity contribution in [2.75, 3.05) is 0 Å². The monoisotopic (exact) mass is 248 g/mol. The standard InChI is InChI=1S/C11H12N4OS/c1-7-6-10(15(2)14-7)16-9-5-3-4-8(13-9)11(12)17/h3-6H,1-2H3,(H2,12,17). The van der Waals surface area contributed by atoms with Crippen molar-refractivity contribution >= 4 is 17.2 Å². The van der Waals surface area contributed by atoms with Gasteiger partial charge in [0, 0.05) is 19.2 Å². The van der Waals surface area contributed by atoms with E-state index in [9.17, 15) is 0 Å². The summed E-state index contributed by atoms with van der Waals surface area (Å²) in [6, 6.07) is 7.10. The molecule has 5 nitrogen and oxygen atoms in total. The van der Waals surface area contributed by atoms with Gasteiger partial charge >= 0.3 is 0 Å². The summed E-state index contributed by atoms with van der Waals surface area (Å²) < 4.78 is 7.24. The largest absolute Gasteiger partial charge is 0.421 e. The van der Waals surface area contributed by atoms with E-state index in [0.717, 1.165) is 5.69 Å². The summed E-state index contributed by atoms with van der Waals surface area (Å²) in [6.45, 7) is 1.89. The van der Waals surface area contributed by atoms with Gasteiger partial charge in [-0.3, -0.25) is 0 Å². The molecule has 0 bridgehead atoms. The second-order valence-electron chi connectivity index (χ2n) is 3.57. The molecule has 2 heterocycles. The van der Waals surface area contributed by atoms with E-state index in [-0.39, 0.29) is 4.99 Å². The summed E-state index contributed by atoms with van der Waals surface area (Å²) in [7, 11) is 1.81. The van der Waals surface area contributed by atoms with Crippen molar-refractivity contribution in [2.45, 2.75) is 6.92 Å². The molecule has 0 spiro atoms. The van der Waals surface area contributed by atoms with Crippen molar-refractivity contribution < 1.29 is 4.74 Å². The van der Waals surface area contributed by atoms with Crippen LogP contribution in [0.3, 0.4) is 0 Å². The van der Waals surface area contributed by atoms with Gasteiger partial charge in [-0.05, 0) is 13.0 Å². The molecule has 0 amide bonds. The summed E-state index contributed by atoms with van der Waals surface area (Å²) in [5, 5.41) is 4.18. The minimum absolute atomic E-state index is 0.247. The Morgan fingerprint density at radius 1 is 1.47 bits per heavy atom. The van der Waals surface area contributed by atoms with Gasteiger partial charge in [0.25, 0.3) is 0 Å². The zero-order valence-corrected chi connectivity index (χ0v) is 10.4. The lowest BCUT2D eigenvalue weighted by molar-refractivity contribution is 0.415. The molecular formula is C11H12N4OS. The van der Waals surface area contributed by atoms with E-state index in [0.29, 0.717) is 17.5 Å². The zero-order valence-electron chi connectivity index (χ0n) is 9.54. The van der Waals surface area contributed by atoms with Gasteiger partial charge in [0.2, 0.25) is 11.8 Å². The highest BCUT2D eigenvalue weighted by atomic mass is 32.1. The van der Waals surface area contributed by atoms with E-state index in [4.69, 9.17) is 22.7 Å². The van der Waals surface area contributed by atoms with Crippen LogP contribution < -0.4 is 10.5 Å². The average molecular weight is 248 g/mol. The minimum atomic E-state index is 0.247. The third kappa shape index (κ3) is 2.59. The summed E-state index contributed by atoms with van der Waals surface area (Å²) in [5.74, 6) is 1.06. The maximum absolute atomic E-state index is 5.59. The van der Waals surface area contributed by atoms with Crippen molar-refractivity contribution in [2.24, 2.45) is 12.8 Å². The highest BCUT2D eigenvalue weighted by Gasteiger charge is 2.06. The Morgan fingerprint density at radius 3 is 2.82 bits per heavy atom. The van der Waals surface area contributed by atoms with E-state index >= 15 is 0 Å². The number of aryl methyl sites for hydroxylation is 2. The van der Waals surface area contributed by atoms with Gasteiger partial charge in [0.05, 0.1) is 5.69 Å². The number of aromatic nitrogens is 3. The van der Waals surface area contributed by atoms with Crippen LogP contribution in [-0.4, -0.2) is 19.8 Å². The normalized spacial score (nSPS) is 10.2. The summed E-state index contributed by atoms with van der Waals surface area (Å²) in [5.41, 5.74) is 6.93. The molecule has 0 aliphatic rings. The smallest absolute Gasteiger partial charge is 0.221 e. The Kier molecular flexibility index (Phi) is 3.06. The second-order valence-corrected chi connectivity index (χ2v) is 4.01.